The van der Waals surface area contributed by atoms with Gasteiger partial charge in [0.1, 0.15) is 0 Å². The van der Waals surface area contributed by atoms with Crippen LogP contribution in [-0.4, -0.2) is 0 Å². The average molecular weight is 473 g/mol. The highest BCUT2D eigenvalue weighted by Crippen LogP contribution is 1.73. The molecule has 0 heterocycles. The first-order valence-corrected chi connectivity index (χ1v) is 11.8. The van der Waals surface area contributed by atoms with Gasteiger partial charge in [-0.1, -0.05) is 94.4 Å². The summed E-state index contributed by atoms with van der Waals surface area (Å²) >= 11 is 0. The SMILES string of the molecule is C1=C=C=c2ccccc2=C=C=C=C=c2ccccc2=C=C=c2ccccc2=C=C=C=C=c2ccccc2=C=1. The van der Waals surface area contributed by atoms with Crippen molar-refractivity contribution in [2.75, 3.05) is 0 Å². The quantitative estimate of drug-likeness (QED) is 0.295. The molecule has 0 nitrogen and oxygen atoms in total. The van der Waals surface area contributed by atoms with Gasteiger partial charge in [0.25, 0.3) is 0 Å². The van der Waals surface area contributed by atoms with Crippen molar-refractivity contribution in [1.29, 1.82) is 0 Å². The first-order chi connectivity index (χ1) is 18.9. The Morgan fingerprint density at radius 1 is 0.211 bits per heavy atom. The third kappa shape index (κ3) is 6.07. The van der Waals surface area contributed by atoms with Crippen LogP contribution in [0.4, 0.5) is 0 Å². The zero-order chi connectivity index (χ0) is 25.8. The number of benzene rings is 4. The molecule has 0 fully saturated rings. The van der Waals surface area contributed by atoms with E-state index < -0.39 is 0 Å². The first-order valence-electron chi connectivity index (χ1n) is 11.8. The molecule has 1 aliphatic rings. The molecule has 168 valence electrons. The van der Waals surface area contributed by atoms with Gasteiger partial charge in [-0.15, -0.1) is 0 Å². The maximum absolute atomic E-state index is 3.25. The van der Waals surface area contributed by atoms with E-state index in [0.29, 0.717) is 0 Å². The molecule has 0 aromatic heterocycles. The van der Waals surface area contributed by atoms with E-state index in [9.17, 15) is 0 Å². The molecule has 38 heavy (non-hydrogen) atoms. The second kappa shape index (κ2) is 12.0. The van der Waals surface area contributed by atoms with Crippen LogP contribution in [0.5, 0.6) is 0 Å². The van der Waals surface area contributed by atoms with E-state index >= 15 is 0 Å². The summed E-state index contributed by atoms with van der Waals surface area (Å²) < 4.78 is 0. The second-order valence-corrected chi connectivity index (χ2v) is 7.93. The van der Waals surface area contributed by atoms with Gasteiger partial charge >= 0.3 is 0 Å². The number of hydrogen-bond acceptors (Lipinski definition) is 0. The molecule has 0 unspecified atom stereocenters. The van der Waals surface area contributed by atoms with Crippen molar-refractivity contribution in [3.8, 4) is 0 Å². The zero-order valence-electron chi connectivity index (χ0n) is 20.2. The highest BCUT2D eigenvalue weighted by atomic mass is 13.8. The number of hydrogen-bond donors (Lipinski definition) is 0. The van der Waals surface area contributed by atoms with E-state index in [1.807, 2.05) is 97.1 Å². The smallest absolute Gasteiger partial charge is 0.0412 e. The van der Waals surface area contributed by atoms with Gasteiger partial charge in [-0.2, -0.15) is 0 Å². The Morgan fingerprint density at radius 3 is 0.553 bits per heavy atom. The van der Waals surface area contributed by atoms with E-state index in [0.717, 1.165) is 41.7 Å². The molecule has 0 heteroatoms. The normalized spacial score (nSPS) is 10.1. The van der Waals surface area contributed by atoms with E-state index in [4.69, 9.17) is 0 Å². The molecule has 0 aliphatic heterocycles. The fourth-order valence-corrected chi connectivity index (χ4v) is 3.53. The Balaban J connectivity index is 2.15. The predicted octanol–water partition coefficient (Wildman–Crippen LogP) is 0.991. The van der Waals surface area contributed by atoms with Crippen LogP contribution in [0.3, 0.4) is 0 Å². The van der Waals surface area contributed by atoms with Crippen LogP contribution in [0.1, 0.15) is 0 Å². The fraction of sp³-hybridized carbons (Fsp3) is 0. The topological polar surface area (TPSA) is 0 Å². The van der Waals surface area contributed by atoms with Gasteiger partial charge in [0.15, 0.2) is 0 Å². The summed E-state index contributed by atoms with van der Waals surface area (Å²) in [4.78, 5) is 0. The summed E-state index contributed by atoms with van der Waals surface area (Å²) in [6, 6.07) is 31.0. The van der Waals surface area contributed by atoms with E-state index in [2.05, 4.69) is 80.2 Å². The molecule has 4 aromatic rings. The number of rotatable bonds is 0. The average Bonchev–Trinajstić information content (AvgIpc) is 2.96. The van der Waals surface area contributed by atoms with Crippen molar-refractivity contribution in [1.82, 2.24) is 0 Å². The van der Waals surface area contributed by atoms with Gasteiger partial charge in [-0.05, 0) is 82.9 Å². The first kappa shape index (κ1) is 23.5. The Morgan fingerprint density at radius 2 is 0.368 bits per heavy atom. The van der Waals surface area contributed by atoms with Gasteiger partial charge in [0.05, 0.1) is 0 Å². The lowest BCUT2D eigenvalue weighted by Gasteiger charge is -1.82. The summed E-state index contributed by atoms with van der Waals surface area (Å²) in [5.74, 6) is 0. The minimum Gasteiger partial charge on any atom is -0.0609 e. The second-order valence-electron chi connectivity index (χ2n) is 7.93. The van der Waals surface area contributed by atoms with Gasteiger partial charge in [-0.3, -0.25) is 0 Å². The van der Waals surface area contributed by atoms with E-state index in [-0.39, 0.29) is 0 Å². The van der Waals surface area contributed by atoms with Gasteiger partial charge < -0.3 is 0 Å². The molecule has 4 aromatic carbocycles. The van der Waals surface area contributed by atoms with Crippen LogP contribution in [0.2, 0.25) is 0 Å². The van der Waals surface area contributed by atoms with Crippen LogP contribution >= 0.6 is 0 Å². The van der Waals surface area contributed by atoms with Gasteiger partial charge in [0, 0.05) is 41.7 Å². The maximum Gasteiger partial charge on any atom is 0.0412 e. The molecule has 0 radical (unpaired) electrons. The van der Waals surface area contributed by atoms with Crippen molar-refractivity contribution in [3.05, 3.63) is 173 Å². The minimum absolute atomic E-state index is 0.798. The highest BCUT2D eigenvalue weighted by Gasteiger charge is 1.83. The molecule has 0 bridgehead atoms. The molecule has 0 saturated carbocycles. The number of fused-ring (bicyclic) bond motifs is 4. The summed E-state index contributed by atoms with van der Waals surface area (Å²) in [7, 11) is 0. The van der Waals surface area contributed by atoms with Crippen molar-refractivity contribution in [3.63, 3.8) is 0 Å². The lowest BCUT2D eigenvalue weighted by Crippen LogP contribution is -2.23. The predicted molar refractivity (Wildman–Crippen MR) is 151 cm³/mol. The molecular weight excluding hydrogens is 456 g/mol. The van der Waals surface area contributed by atoms with Crippen LogP contribution in [0.25, 0.3) is 45.8 Å². The van der Waals surface area contributed by atoms with Crippen molar-refractivity contribution in [2.45, 2.75) is 0 Å². The van der Waals surface area contributed by atoms with Crippen molar-refractivity contribution >= 4 is 45.8 Å². The minimum atomic E-state index is 0.798. The third-order valence-electron chi connectivity index (χ3n) is 5.41. The maximum atomic E-state index is 3.25. The van der Waals surface area contributed by atoms with Crippen molar-refractivity contribution in [2.24, 2.45) is 0 Å². The van der Waals surface area contributed by atoms with Crippen LogP contribution in [0.15, 0.2) is 131 Å². The molecular formula is C38H16. The van der Waals surface area contributed by atoms with Gasteiger partial charge in [-0.25, -0.2) is 0 Å². The molecule has 0 N–H and O–H groups in total. The Kier molecular flexibility index (Phi) is 7.41. The van der Waals surface area contributed by atoms with Crippen LogP contribution in [-0.2, 0) is 0 Å². The van der Waals surface area contributed by atoms with E-state index in [1.54, 1.807) is 0 Å². The lowest BCUT2D eigenvalue weighted by molar-refractivity contribution is 1.53. The van der Waals surface area contributed by atoms with Crippen LogP contribution < -0.4 is 41.7 Å². The monoisotopic (exact) mass is 472 g/mol. The summed E-state index contributed by atoms with van der Waals surface area (Å²) in [6.45, 7) is 0. The largest absolute Gasteiger partial charge is 0.0609 e. The zero-order valence-corrected chi connectivity index (χ0v) is 20.2. The van der Waals surface area contributed by atoms with E-state index in [1.165, 1.54) is 0 Å². The molecule has 5 rings (SSSR count). The summed E-state index contributed by atoms with van der Waals surface area (Å²) in [5, 5.41) is 6.47. The summed E-state index contributed by atoms with van der Waals surface area (Å²) in [5.41, 5.74) is 42.9. The van der Waals surface area contributed by atoms with Crippen molar-refractivity contribution < 1.29 is 0 Å². The van der Waals surface area contributed by atoms with Crippen LogP contribution in [0, 0.1) is 0 Å². The Bertz CT molecular complexity index is 2370. The third-order valence-corrected chi connectivity index (χ3v) is 5.41. The highest BCUT2D eigenvalue weighted by molar-refractivity contribution is 5.42. The molecule has 0 saturated heterocycles. The molecule has 0 amide bonds. The molecule has 0 spiro atoms. The standard InChI is InChI=1S/C38H16/c1-2-16-32-18-4-6-20-34(32)22-8-10-24-36-26-12-14-28-38(36)30-29-37-27-13-11-25-35(37)23-9-7-21-33-19-5-3-17-31(33)15-1/h3-6,11-14,17-20,25-28H. The molecule has 0 atom stereocenters. The summed E-state index contributed by atoms with van der Waals surface area (Å²) in [6.07, 6.45) is 0. The Hall–Kier alpha value is -6.20. The fourth-order valence-electron chi connectivity index (χ4n) is 3.53. The molecule has 1 aliphatic carbocycles. The Labute approximate surface area is 218 Å². The lowest BCUT2D eigenvalue weighted by atomic mass is 10.2. The van der Waals surface area contributed by atoms with Gasteiger partial charge in [0.2, 0.25) is 0 Å².